The zero-order valence-electron chi connectivity index (χ0n) is 13.9. The van der Waals surface area contributed by atoms with E-state index in [0.717, 1.165) is 24.4 Å². The summed E-state index contributed by atoms with van der Waals surface area (Å²) >= 11 is 0. The Morgan fingerprint density at radius 2 is 1.87 bits per heavy atom. The van der Waals surface area contributed by atoms with Crippen LogP contribution in [0.2, 0.25) is 0 Å². The lowest BCUT2D eigenvalue weighted by molar-refractivity contribution is 0.252. The van der Waals surface area contributed by atoms with Gasteiger partial charge >= 0.3 is 0 Å². The van der Waals surface area contributed by atoms with E-state index in [9.17, 15) is 0 Å². The van der Waals surface area contributed by atoms with Gasteiger partial charge < -0.3 is 9.72 Å². The number of H-pyrrole nitrogens is 1. The summed E-state index contributed by atoms with van der Waals surface area (Å²) < 4.78 is 5.41. The highest BCUT2D eigenvalue weighted by atomic mass is 16.5. The summed E-state index contributed by atoms with van der Waals surface area (Å²) in [5.41, 5.74) is 3.66. The number of ether oxygens (including phenoxy) is 1. The molecule has 0 radical (unpaired) electrons. The molecule has 0 bridgehead atoms. The maximum Gasteiger partial charge on any atom is 0.119 e. The van der Waals surface area contributed by atoms with Crippen molar-refractivity contribution in [3.63, 3.8) is 0 Å². The Balaban J connectivity index is 2.16. The van der Waals surface area contributed by atoms with Gasteiger partial charge in [0.1, 0.15) is 5.75 Å². The first-order chi connectivity index (χ1) is 11.3. The van der Waals surface area contributed by atoms with Crippen LogP contribution in [0, 0.1) is 0 Å². The summed E-state index contributed by atoms with van der Waals surface area (Å²) in [5, 5.41) is 1.21. The summed E-state index contributed by atoms with van der Waals surface area (Å²) in [7, 11) is 1.71. The van der Waals surface area contributed by atoms with Crippen LogP contribution in [0.3, 0.4) is 0 Å². The van der Waals surface area contributed by atoms with E-state index in [2.05, 4.69) is 59.2 Å². The SMILES string of the molecule is CCN(CC)C(c1ccncc1)c1c[nH]c2ccc(OC)cc12. The van der Waals surface area contributed by atoms with Crippen LogP contribution >= 0.6 is 0 Å². The van der Waals surface area contributed by atoms with Crippen molar-refractivity contribution in [1.82, 2.24) is 14.9 Å². The van der Waals surface area contributed by atoms with Crippen molar-refractivity contribution in [3.8, 4) is 5.75 Å². The molecule has 0 aliphatic carbocycles. The average Bonchev–Trinajstić information content (AvgIpc) is 3.02. The molecule has 2 aromatic heterocycles. The van der Waals surface area contributed by atoms with Crippen molar-refractivity contribution in [3.05, 3.63) is 60.0 Å². The highest BCUT2D eigenvalue weighted by Crippen LogP contribution is 2.34. The topological polar surface area (TPSA) is 41.2 Å². The van der Waals surface area contributed by atoms with Crippen molar-refractivity contribution in [1.29, 1.82) is 0 Å². The first kappa shape index (κ1) is 15.6. The number of rotatable bonds is 6. The molecule has 0 aliphatic heterocycles. The van der Waals surface area contributed by atoms with Gasteiger partial charge in [0.15, 0.2) is 0 Å². The van der Waals surface area contributed by atoms with Gasteiger partial charge in [-0.3, -0.25) is 9.88 Å². The molecule has 1 N–H and O–H groups in total. The standard InChI is InChI=1S/C19H23N3O/c1-4-22(5-2)19(14-8-10-20-11-9-14)17-13-21-18-7-6-15(23-3)12-16(17)18/h6-13,19,21H,4-5H2,1-3H3. The van der Waals surface area contributed by atoms with E-state index in [-0.39, 0.29) is 6.04 Å². The molecule has 1 atom stereocenters. The molecule has 3 rings (SSSR count). The fourth-order valence-corrected chi connectivity index (χ4v) is 3.20. The monoisotopic (exact) mass is 309 g/mol. The molecule has 0 saturated heterocycles. The largest absolute Gasteiger partial charge is 0.497 e. The van der Waals surface area contributed by atoms with Crippen molar-refractivity contribution in [2.24, 2.45) is 0 Å². The van der Waals surface area contributed by atoms with E-state index in [1.165, 1.54) is 16.5 Å². The van der Waals surface area contributed by atoms with Gasteiger partial charge in [-0.15, -0.1) is 0 Å². The molecule has 0 fully saturated rings. The van der Waals surface area contributed by atoms with Crippen LogP contribution in [0.1, 0.15) is 31.0 Å². The number of aromatic nitrogens is 2. The molecular formula is C19H23N3O. The first-order valence-corrected chi connectivity index (χ1v) is 8.07. The molecule has 3 aromatic rings. The van der Waals surface area contributed by atoms with Crippen molar-refractivity contribution >= 4 is 10.9 Å². The van der Waals surface area contributed by atoms with Crippen molar-refractivity contribution in [2.45, 2.75) is 19.9 Å². The Kier molecular flexibility index (Phi) is 4.63. The highest BCUT2D eigenvalue weighted by molar-refractivity contribution is 5.85. The van der Waals surface area contributed by atoms with Crippen LogP contribution < -0.4 is 4.74 Å². The molecule has 2 heterocycles. The maximum atomic E-state index is 5.41. The van der Waals surface area contributed by atoms with E-state index in [1.807, 2.05) is 18.5 Å². The summed E-state index contributed by atoms with van der Waals surface area (Å²) in [6.45, 7) is 6.38. The number of pyridine rings is 1. The maximum absolute atomic E-state index is 5.41. The summed E-state index contributed by atoms with van der Waals surface area (Å²) in [6.07, 6.45) is 5.84. The van der Waals surface area contributed by atoms with Crippen molar-refractivity contribution < 1.29 is 4.74 Å². The molecule has 4 nitrogen and oxygen atoms in total. The van der Waals surface area contributed by atoms with Crippen LogP contribution in [-0.4, -0.2) is 35.1 Å². The van der Waals surface area contributed by atoms with E-state index in [1.54, 1.807) is 7.11 Å². The first-order valence-electron chi connectivity index (χ1n) is 8.07. The van der Waals surface area contributed by atoms with Crippen LogP contribution in [0.4, 0.5) is 0 Å². The molecule has 0 spiro atoms. The van der Waals surface area contributed by atoms with E-state index in [4.69, 9.17) is 4.74 Å². The minimum atomic E-state index is 0.203. The minimum Gasteiger partial charge on any atom is -0.497 e. The second kappa shape index (κ2) is 6.84. The Morgan fingerprint density at radius 1 is 1.13 bits per heavy atom. The lowest BCUT2D eigenvalue weighted by Crippen LogP contribution is -2.29. The van der Waals surface area contributed by atoms with Gasteiger partial charge in [-0.2, -0.15) is 0 Å². The zero-order chi connectivity index (χ0) is 16.2. The minimum absolute atomic E-state index is 0.203. The number of nitrogens with one attached hydrogen (secondary N) is 1. The molecule has 0 aliphatic rings. The number of methoxy groups -OCH3 is 1. The number of fused-ring (bicyclic) bond motifs is 1. The lowest BCUT2D eigenvalue weighted by atomic mass is 9.97. The second-order valence-corrected chi connectivity index (χ2v) is 5.56. The summed E-state index contributed by atoms with van der Waals surface area (Å²) in [6, 6.07) is 10.6. The molecule has 4 heteroatoms. The van der Waals surface area contributed by atoms with E-state index in [0.29, 0.717) is 0 Å². The van der Waals surface area contributed by atoms with Gasteiger partial charge in [0.25, 0.3) is 0 Å². The van der Waals surface area contributed by atoms with Gasteiger partial charge in [-0.25, -0.2) is 0 Å². The number of hydrogen-bond donors (Lipinski definition) is 1. The fourth-order valence-electron chi connectivity index (χ4n) is 3.20. The quantitative estimate of drug-likeness (QED) is 0.748. The van der Waals surface area contributed by atoms with E-state index >= 15 is 0 Å². The molecule has 120 valence electrons. The molecular weight excluding hydrogens is 286 g/mol. The predicted octanol–water partition coefficient (Wildman–Crippen LogP) is 4.00. The zero-order valence-corrected chi connectivity index (χ0v) is 13.9. The molecule has 1 aromatic carbocycles. The van der Waals surface area contributed by atoms with Gasteiger partial charge in [-0.1, -0.05) is 13.8 Å². The summed E-state index contributed by atoms with van der Waals surface area (Å²) in [4.78, 5) is 10.0. The number of hydrogen-bond acceptors (Lipinski definition) is 3. The average molecular weight is 309 g/mol. The normalized spacial score (nSPS) is 12.7. The molecule has 0 amide bonds. The van der Waals surface area contributed by atoms with Gasteiger partial charge in [0, 0.05) is 29.5 Å². The lowest BCUT2D eigenvalue weighted by Gasteiger charge is -2.30. The van der Waals surface area contributed by atoms with Crippen molar-refractivity contribution in [2.75, 3.05) is 20.2 Å². The van der Waals surface area contributed by atoms with Crippen LogP contribution in [0.25, 0.3) is 10.9 Å². The number of nitrogens with zero attached hydrogens (tertiary/aromatic N) is 2. The Labute approximate surface area is 137 Å². The van der Waals surface area contributed by atoms with E-state index < -0.39 is 0 Å². The second-order valence-electron chi connectivity index (χ2n) is 5.56. The molecule has 1 unspecified atom stereocenters. The number of aromatic amines is 1. The third-order valence-electron chi connectivity index (χ3n) is 4.41. The van der Waals surface area contributed by atoms with Crippen LogP contribution in [0.5, 0.6) is 5.75 Å². The Morgan fingerprint density at radius 3 is 2.52 bits per heavy atom. The summed E-state index contributed by atoms with van der Waals surface area (Å²) in [5.74, 6) is 0.881. The smallest absolute Gasteiger partial charge is 0.119 e. The van der Waals surface area contributed by atoms with Gasteiger partial charge in [0.2, 0.25) is 0 Å². The molecule has 23 heavy (non-hydrogen) atoms. The third kappa shape index (κ3) is 2.94. The van der Waals surface area contributed by atoms with Gasteiger partial charge in [0.05, 0.1) is 13.2 Å². The Bertz CT molecular complexity index is 763. The van der Waals surface area contributed by atoms with Crippen LogP contribution in [-0.2, 0) is 0 Å². The molecule has 0 saturated carbocycles. The highest BCUT2D eigenvalue weighted by Gasteiger charge is 2.23. The number of benzene rings is 1. The van der Waals surface area contributed by atoms with Crippen LogP contribution in [0.15, 0.2) is 48.9 Å². The third-order valence-corrected chi connectivity index (χ3v) is 4.41. The Hall–Kier alpha value is -2.33. The van der Waals surface area contributed by atoms with Gasteiger partial charge in [-0.05, 0) is 54.5 Å². The predicted molar refractivity (Wildman–Crippen MR) is 93.9 cm³/mol. The fraction of sp³-hybridized carbons (Fsp3) is 0.316.